The molecule has 0 aromatic heterocycles. The molecule has 7 heteroatoms. The van der Waals surface area contributed by atoms with Crippen molar-refractivity contribution in [1.82, 2.24) is 5.09 Å². The third kappa shape index (κ3) is 12.2. The van der Waals surface area contributed by atoms with E-state index in [9.17, 15) is 0 Å². The van der Waals surface area contributed by atoms with Gasteiger partial charge in [0, 0.05) is 12.3 Å². The molecule has 1 fully saturated rings. The van der Waals surface area contributed by atoms with Crippen molar-refractivity contribution in [2.24, 2.45) is 0 Å². The minimum absolute atomic E-state index is 0. The van der Waals surface area contributed by atoms with Gasteiger partial charge in [-0.2, -0.15) is 11.5 Å². The van der Waals surface area contributed by atoms with Crippen molar-refractivity contribution in [3.63, 3.8) is 0 Å². The quantitative estimate of drug-likeness (QED) is 0.105. The number of nitrogens with one attached hydrogen (secondary N) is 2. The second-order valence-electron chi connectivity index (χ2n) is 10.6. The zero-order valence-electron chi connectivity index (χ0n) is 25.9. The van der Waals surface area contributed by atoms with Gasteiger partial charge in [-0.3, -0.25) is 0 Å². The van der Waals surface area contributed by atoms with Crippen LogP contribution in [0.2, 0.25) is 0 Å². The van der Waals surface area contributed by atoms with Crippen LogP contribution in [-0.4, -0.2) is 6.61 Å². The number of benzene rings is 4. The molecule has 2 N–H and O–H groups in total. The molecule has 1 aliphatic rings. The van der Waals surface area contributed by atoms with E-state index in [2.05, 4.69) is 147 Å². The Balaban J connectivity index is 0.000000630. The first-order chi connectivity index (χ1) is 20.5. The Morgan fingerprint density at radius 3 is 1.56 bits per heavy atom. The summed E-state index contributed by atoms with van der Waals surface area (Å²) >= 11 is -0.181. The van der Waals surface area contributed by atoms with Crippen LogP contribution in [0.4, 0.5) is 5.69 Å². The molecule has 5 rings (SSSR count). The zero-order valence-corrected chi connectivity index (χ0v) is 29.7. The van der Waals surface area contributed by atoms with Crippen molar-refractivity contribution in [1.29, 1.82) is 0 Å². The molecule has 232 valence electrons. The first kappa shape index (κ1) is 37.3. The van der Waals surface area contributed by atoms with E-state index in [0.717, 1.165) is 13.0 Å². The van der Waals surface area contributed by atoms with Gasteiger partial charge in [-0.1, -0.05) is 119 Å². The normalized spacial score (nSPS) is 13.0. The van der Waals surface area contributed by atoms with E-state index in [4.69, 9.17) is 24.8 Å². The van der Waals surface area contributed by atoms with Crippen LogP contribution in [0.25, 0.3) is 0 Å². The summed E-state index contributed by atoms with van der Waals surface area (Å²) in [7, 11) is 8.41. The molecule has 1 unspecified atom stereocenters. The molecule has 1 atom stereocenters. The van der Waals surface area contributed by atoms with E-state index in [1.165, 1.54) is 39.4 Å². The molecule has 4 aromatic carbocycles. The predicted molar refractivity (Wildman–Crippen MR) is 189 cm³/mol. The molecule has 0 amide bonds. The Bertz CT molecular complexity index is 1200. The Morgan fingerprint density at radius 1 is 0.721 bits per heavy atom. The van der Waals surface area contributed by atoms with Crippen molar-refractivity contribution >= 4 is 44.5 Å². The number of rotatable bonds is 9. The van der Waals surface area contributed by atoms with E-state index in [1.807, 2.05) is 6.61 Å². The summed E-state index contributed by atoms with van der Waals surface area (Å²) in [4.78, 5) is 0. The Kier molecular flexibility index (Phi) is 18.2. The van der Waals surface area contributed by atoms with E-state index in [1.54, 1.807) is 0 Å². The summed E-state index contributed by atoms with van der Waals surface area (Å²) in [5.74, 6) is 0.872. The number of anilines is 1. The SMILES string of the molecule is CC(C)c1cccc(C(C)C)c1NC(N[PH+](c1ccccc1)c1ccccc1)c1ccccc1.[CH-]1CCCO1.[CH3-].[Cl][Cr][Cl]. The zero-order chi connectivity index (χ0) is 30.2. The number of hydrogen-bond acceptors (Lipinski definition) is 3. The van der Waals surface area contributed by atoms with Crippen molar-refractivity contribution < 1.29 is 18.1 Å². The molecular weight excluding hydrogens is 630 g/mol. The molecule has 3 nitrogen and oxygen atoms in total. The molecule has 4 aromatic rings. The molecular formula is C36H46Cl2CrN2OP-. The van der Waals surface area contributed by atoms with Gasteiger partial charge < -0.3 is 17.5 Å². The van der Waals surface area contributed by atoms with Gasteiger partial charge >= 0.3 is 33.5 Å². The molecule has 0 saturated carbocycles. The summed E-state index contributed by atoms with van der Waals surface area (Å²) in [6.45, 7) is 11.9. The Morgan fingerprint density at radius 2 is 1.19 bits per heavy atom. The molecule has 43 heavy (non-hydrogen) atoms. The van der Waals surface area contributed by atoms with Gasteiger partial charge in [0.1, 0.15) is 24.8 Å². The average Bonchev–Trinajstić information content (AvgIpc) is 3.61. The fourth-order valence-corrected chi connectivity index (χ4v) is 7.06. The van der Waals surface area contributed by atoms with Crippen LogP contribution in [0.3, 0.4) is 0 Å². The average molecular weight is 677 g/mol. The fraction of sp³-hybridized carbons (Fsp3) is 0.278. The van der Waals surface area contributed by atoms with E-state index in [-0.39, 0.29) is 27.0 Å². The van der Waals surface area contributed by atoms with Crippen molar-refractivity contribution in [2.75, 3.05) is 11.9 Å². The maximum absolute atomic E-state index is 4.83. The first-order valence-corrected chi connectivity index (χ1v) is 19.5. The number of hydrogen-bond donors (Lipinski definition) is 2. The monoisotopic (exact) mass is 675 g/mol. The summed E-state index contributed by atoms with van der Waals surface area (Å²) in [5, 5.41) is 10.8. The van der Waals surface area contributed by atoms with Crippen LogP contribution in [0, 0.1) is 14.0 Å². The minimum atomic E-state index is -1.24. The van der Waals surface area contributed by atoms with Crippen LogP contribution in [0.15, 0.2) is 109 Å². The van der Waals surface area contributed by atoms with Gasteiger partial charge in [0.05, 0.1) is 0 Å². The third-order valence-corrected chi connectivity index (χ3v) is 9.31. The van der Waals surface area contributed by atoms with Gasteiger partial charge in [0.15, 0.2) is 0 Å². The molecule has 1 saturated heterocycles. The topological polar surface area (TPSA) is 33.3 Å². The Hall–Kier alpha value is -1.86. The fourth-order valence-electron chi connectivity index (χ4n) is 4.81. The Labute approximate surface area is 276 Å². The molecule has 0 bridgehead atoms. The summed E-state index contributed by atoms with van der Waals surface area (Å²) in [6, 6.07) is 39.2. The van der Waals surface area contributed by atoms with Crippen LogP contribution in [0.5, 0.6) is 0 Å². The second kappa shape index (κ2) is 21.0. The van der Waals surface area contributed by atoms with Crippen molar-refractivity contribution in [3.8, 4) is 0 Å². The van der Waals surface area contributed by atoms with Crippen LogP contribution >= 0.6 is 28.2 Å². The summed E-state index contributed by atoms with van der Waals surface area (Å²) in [6.07, 6.45) is 2.35. The number of halogens is 2. The summed E-state index contributed by atoms with van der Waals surface area (Å²) in [5.41, 5.74) is 5.23. The standard InChI is InChI=1S/C31H35N2P.C4H7O.CH3.2ClH.Cr/c1-23(2)28-21-14-22-29(24(3)4)30(28)32-31(25-15-8-5-9-16-25)33-34(26-17-10-6-11-18-26)27-19-12-7-13-20-27;1-2-4-5-3-1;;;;/h5-24,31-33H,1-4H3;3H,1-2,4H2;1H3;2*1H;/q;2*-1;;;+2/p-1. The van der Waals surface area contributed by atoms with Gasteiger partial charge in [-0.25, -0.2) is 6.61 Å². The van der Waals surface area contributed by atoms with Gasteiger partial charge in [0.2, 0.25) is 0 Å². The predicted octanol–water partition coefficient (Wildman–Crippen LogP) is 10.2. The maximum atomic E-state index is 4.83. The number of ether oxygens (including phenoxy) is 1. The molecule has 0 radical (unpaired) electrons. The third-order valence-electron chi connectivity index (χ3n) is 6.91. The van der Waals surface area contributed by atoms with Gasteiger partial charge in [0.25, 0.3) is 0 Å². The molecule has 0 spiro atoms. The van der Waals surface area contributed by atoms with Crippen LogP contribution in [0.1, 0.15) is 75.2 Å². The van der Waals surface area contributed by atoms with Gasteiger partial charge in [-0.05, 0) is 52.8 Å². The molecule has 1 aliphatic heterocycles. The van der Waals surface area contributed by atoms with Crippen LogP contribution < -0.4 is 21.0 Å². The van der Waals surface area contributed by atoms with E-state index < -0.39 is 8.07 Å². The van der Waals surface area contributed by atoms with E-state index in [0.29, 0.717) is 11.8 Å². The summed E-state index contributed by atoms with van der Waals surface area (Å²) < 4.78 is 4.82. The second-order valence-corrected chi connectivity index (χ2v) is 14.9. The number of para-hydroxylation sites is 1. The first-order valence-electron chi connectivity index (χ1n) is 14.5. The van der Waals surface area contributed by atoms with Crippen molar-refractivity contribution in [3.05, 3.63) is 140 Å². The van der Waals surface area contributed by atoms with Crippen LogP contribution in [-0.2, 0) is 18.1 Å². The van der Waals surface area contributed by atoms with E-state index >= 15 is 0 Å². The molecule has 0 aliphatic carbocycles. The molecule has 1 heterocycles. The van der Waals surface area contributed by atoms with Gasteiger partial charge in [-0.15, -0.1) is 0 Å². The van der Waals surface area contributed by atoms with Crippen molar-refractivity contribution in [2.45, 2.75) is 58.5 Å².